The molecular weight excluding hydrogens is 168 g/mol. The maximum Gasteiger partial charge on any atom is 0.0957 e. The van der Waals surface area contributed by atoms with Gasteiger partial charge in [-0.3, -0.25) is 5.41 Å². The van der Waals surface area contributed by atoms with Gasteiger partial charge in [0.25, 0.3) is 0 Å². The zero-order chi connectivity index (χ0) is 8.81. The Bertz CT molecular complexity index is 147. The second kappa shape index (κ2) is 5.46. The van der Waals surface area contributed by atoms with E-state index in [4.69, 9.17) is 5.41 Å². The first-order chi connectivity index (χ1) is 5.84. The second-order valence-corrected chi connectivity index (χ2v) is 4.22. The molecule has 0 aromatic heterocycles. The van der Waals surface area contributed by atoms with E-state index in [2.05, 4.69) is 11.2 Å². The molecule has 1 fully saturated rings. The van der Waals surface area contributed by atoms with E-state index < -0.39 is 0 Å². The summed E-state index contributed by atoms with van der Waals surface area (Å²) in [6.07, 6.45) is 6.86. The molecule has 1 N–H and O–H groups in total. The molecule has 1 aliphatic rings. The van der Waals surface area contributed by atoms with Crippen LogP contribution < -0.4 is 0 Å². The van der Waals surface area contributed by atoms with Crippen LogP contribution in [-0.2, 0) is 0 Å². The molecule has 0 bridgehead atoms. The molecule has 0 unspecified atom stereocenters. The fraction of sp³-hybridized carbons (Fsp3) is 0.889. The van der Waals surface area contributed by atoms with Crippen molar-refractivity contribution in [2.45, 2.75) is 25.7 Å². The zero-order valence-corrected chi connectivity index (χ0v) is 8.62. The number of nitrogens with zero attached hydrogens (tertiary/aromatic N) is 1. The number of likely N-dealkylation sites (tertiary alicyclic amines) is 1. The predicted molar refractivity (Wildman–Crippen MR) is 56.1 cm³/mol. The van der Waals surface area contributed by atoms with Crippen LogP contribution in [0, 0.1) is 5.41 Å². The first-order valence-corrected chi connectivity index (χ1v) is 6.05. The van der Waals surface area contributed by atoms with Crippen LogP contribution in [0.4, 0.5) is 0 Å². The van der Waals surface area contributed by atoms with Crippen molar-refractivity contribution in [1.82, 2.24) is 4.90 Å². The summed E-state index contributed by atoms with van der Waals surface area (Å²) < 4.78 is 0. The normalized spacial score (nSPS) is 18.4. The monoisotopic (exact) mass is 186 g/mol. The van der Waals surface area contributed by atoms with Crippen molar-refractivity contribution in [2.24, 2.45) is 0 Å². The minimum atomic E-state index is 0.863. The van der Waals surface area contributed by atoms with Gasteiger partial charge >= 0.3 is 0 Å². The standard InChI is InChI=1S/C9H18N2S/c1-12-8-4-7-11-6-3-2-5-9(11)10/h10H,2-8H2,1H3. The lowest BCUT2D eigenvalue weighted by atomic mass is 10.1. The molecule has 0 aliphatic carbocycles. The van der Waals surface area contributed by atoms with Crippen molar-refractivity contribution < 1.29 is 0 Å². The molecule has 0 aromatic carbocycles. The molecule has 0 spiro atoms. The molecule has 2 nitrogen and oxygen atoms in total. The van der Waals surface area contributed by atoms with Gasteiger partial charge in [-0.1, -0.05) is 0 Å². The molecule has 12 heavy (non-hydrogen) atoms. The summed E-state index contributed by atoms with van der Waals surface area (Å²) in [6, 6.07) is 0. The Labute approximate surface area is 79.2 Å². The fourth-order valence-electron chi connectivity index (χ4n) is 1.53. The van der Waals surface area contributed by atoms with Gasteiger partial charge in [-0.15, -0.1) is 0 Å². The van der Waals surface area contributed by atoms with Crippen LogP contribution in [0.5, 0.6) is 0 Å². The van der Waals surface area contributed by atoms with Crippen LogP contribution >= 0.6 is 11.8 Å². The van der Waals surface area contributed by atoms with E-state index in [0.717, 1.165) is 25.3 Å². The molecular formula is C9H18N2S. The van der Waals surface area contributed by atoms with Crippen LogP contribution in [0.25, 0.3) is 0 Å². The largest absolute Gasteiger partial charge is 0.361 e. The third kappa shape index (κ3) is 3.05. The van der Waals surface area contributed by atoms with Crippen LogP contribution in [0.15, 0.2) is 0 Å². The van der Waals surface area contributed by atoms with Gasteiger partial charge in [-0.05, 0) is 31.3 Å². The van der Waals surface area contributed by atoms with Gasteiger partial charge in [0.2, 0.25) is 0 Å². The van der Waals surface area contributed by atoms with E-state index in [1.807, 2.05) is 11.8 Å². The van der Waals surface area contributed by atoms with E-state index in [1.165, 1.54) is 25.0 Å². The molecule has 1 heterocycles. The topological polar surface area (TPSA) is 27.1 Å². The Morgan fingerprint density at radius 2 is 2.33 bits per heavy atom. The number of hydrogen-bond donors (Lipinski definition) is 1. The van der Waals surface area contributed by atoms with Crippen LogP contribution in [0.3, 0.4) is 0 Å². The highest BCUT2D eigenvalue weighted by atomic mass is 32.2. The van der Waals surface area contributed by atoms with Gasteiger partial charge in [-0.2, -0.15) is 11.8 Å². The highest BCUT2D eigenvalue weighted by Gasteiger charge is 2.13. The smallest absolute Gasteiger partial charge is 0.0957 e. The number of amidine groups is 1. The molecule has 3 heteroatoms. The number of thioether (sulfide) groups is 1. The van der Waals surface area contributed by atoms with Crippen LogP contribution in [0.2, 0.25) is 0 Å². The molecule has 1 rings (SSSR count). The minimum absolute atomic E-state index is 0.863. The Morgan fingerprint density at radius 1 is 1.50 bits per heavy atom. The molecule has 0 atom stereocenters. The molecule has 0 radical (unpaired) electrons. The summed E-state index contributed by atoms with van der Waals surface area (Å²) in [5.74, 6) is 2.09. The third-order valence-electron chi connectivity index (χ3n) is 2.25. The Morgan fingerprint density at radius 3 is 3.00 bits per heavy atom. The van der Waals surface area contributed by atoms with Crippen molar-refractivity contribution in [3.05, 3.63) is 0 Å². The average molecular weight is 186 g/mol. The van der Waals surface area contributed by atoms with E-state index in [0.29, 0.717) is 0 Å². The van der Waals surface area contributed by atoms with Crippen molar-refractivity contribution in [3.8, 4) is 0 Å². The second-order valence-electron chi connectivity index (χ2n) is 3.24. The Hall–Kier alpha value is -0.180. The first kappa shape index (κ1) is 9.90. The summed E-state index contributed by atoms with van der Waals surface area (Å²) >= 11 is 1.89. The van der Waals surface area contributed by atoms with Crippen molar-refractivity contribution in [2.75, 3.05) is 25.1 Å². The summed E-state index contributed by atoms with van der Waals surface area (Å²) in [6.45, 7) is 2.22. The van der Waals surface area contributed by atoms with Crippen molar-refractivity contribution in [1.29, 1.82) is 5.41 Å². The quantitative estimate of drug-likeness (QED) is 0.681. The molecule has 1 saturated heterocycles. The maximum atomic E-state index is 7.70. The zero-order valence-electron chi connectivity index (χ0n) is 7.81. The molecule has 70 valence electrons. The lowest BCUT2D eigenvalue weighted by molar-refractivity contribution is 0.368. The SMILES string of the molecule is CSCCCN1CCCCC1=N. The van der Waals surface area contributed by atoms with Crippen LogP contribution in [0.1, 0.15) is 25.7 Å². The molecule has 1 aliphatic heterocycles. The average Bonchev–Trinajstić information content (AvgIpc) is 2.09. The number of piperidine rings is 1. The number of nitrogens with one attached hydrogen (secondary N) is 1. The summed E-state index contributed by atoms with van der Waals surface area (Å²) in [5.41, 5.74) is 0. The van der Waals surface area contributed by atoms with Crippen molar-refractivity contribution in [3.63, 3.8) is 0 Å². The van der Waals surface area contributed by atoms with Gasteiger partial charge in [-0.25, -0.2) is 0 Å². The lowest BCUT2D eigenvalue weighted by Crippen LogP contribution is -2.35. The summed E-state index contributed by atoms with van der Waals surface area (Å²) in [5, 5.41) is 7.70. The van der Waals surface area contributed by atoms with E-state index in [1.54, 1.807) is 0 Å². The van der Waals surface area contributed by atoms with E-state index >= 15 is 0 Å². The highest BCUT2D eigenvalue weighted by molar-refractivity contribution is 7.98. The van der Waals surface area contributed by atoms with Gasteiger partial charge in [0.15, 0.2) is 0 Å². The number of rotatable bonds is 4. The number of hydrogen-bond acceptors (Lipinski definition) is 2. The van der Waals surface area contributed by atoms with Gasteiger partial charge in [0, 0.05) is 19.5 Å². The Kier molecular flexibility index (Phi) is 4.51. The lowest BCUT2D eigenvalue weighted by Gasteiger charge is -2.29. The fourth-order valence-corrected chi connectivity index (χ4v) is 1.95. The Balaban J connectivity index is 2.16. The maximum absolute atomic E-state index is 7.70. The first-order valence-electron chi connectivity index (χ1n) is 4.66. The minimum Gasteiger partial charge on any atom is -0.361 e. The van der Waals surface area contributed by atoms with E-state index in [9.17, 15) is 0 Å². The molecule has 0 aromatic rings. The van der Waals surface area contributed by atoms with Gasteiger partial charge in [0.1, 0.15) is 0 Å². The van der Waals surface area contributed by atoms with E-state index in [-0.39, 0.29) is 0 Å². The molecule has 0 saturated carbocycles. The highest BCUT2D eigenvalue weighted by Crippen LogP contribution is 2.11. The van der Waals surface area contributed by atoms with Gasteiger partial charge < -0.3 is 4.90 Å². The third-order valence-corrected chi connectivity index (χ3v) is 2.95. The van der Waals surface area contributed by atoms with Gasteiger partial charge in [0.05, 0.1) is 5.84 Å². The van der Waals surface area contributed by atoms with Crippen LogP contribution in [-0.4, -0.2) is 35.8 Å². The molecule has 0 amide bonds. The predicted octanol–water partition coefficient (Wildman–Crippen LogP) is 2.20. The summed E-state index contributed by atoms with van der Waals surface area (Å²) in [4.78, 5) is 2.24. The van der Waals surface area contributed by atoms with Crippen molar-refractivity contribution >= 4 is 17.6 Å². The summed E-state index contributed by atoms with van der Waals surface area (Å²) in [7, 11) is 0.